The molecule has 0 radical (unpaired) electrons. The molecule has 0 fully saturated rings. The highest BCUT2D eigenvalue weighted by molar-refractivity contribution is 6.13. The van der Waals surface area contributed by atoms with E-state index in [2.05, 4.69) is 114 Å². The van der Waals surface area contributed by atoms with Crippen LogP contribution in [-0.4, -0.2) is 18.9 Å². The molecule has 39 heavy (non-hydrogen) atoms. The fourth-order valence-electron chi connectivity index (χ4n) is 6.92. The standard InChI is InChI=1S/C35H24N4/c1-35(2)26-13-5-3-10-21(26)24-18-25-22-11-4-7-15-29(22)39(32(25)19-27(24)35)31-17-9-12-23-33(31)36-20-38-30-16-8-6-14-28(30)37-34(23)38/h3-20H,1-2H3. The Labute approximate surface area is 224 Å². The molecule has 0 N–H and O–H groups in total. The lowest BCUT2D eigenvalue weighted by Gasteiger charge is -2.21. The number of hydrogen-bond acceptors (Lipinski definition) is 2. The maximum atomic E-state index is 5.04. The Morgan fingerprint density at radius 3 is 2.31 bits per heavy atom. The van der Waals surface area contributed by atoms with E-state index in [1.54, 1.807) is 0 Å². The van der Waals surface area contributed by atoms with Gasteiger partial charge in [0.05, 0.1) is 33.3 Å². The molecule has 0 saturated carbocycles. The molecule has 4 nitrogen and oxygen atoms in total. The molecule has 3 aromatic heterocycles. The summed E-state index contributed by atoms with van der Waals surface area (Å²) in [5.74, 6) is 0. The Morgan fingerprint density at radius 1 is 0.615 bits per heavy atom. The number of fused-ring (bicyclic) bond motifs is 11. The molecule has 4 heteroatoms. The zero-order valence-electron chi connectivity index (χ0n) is 21.7. The predicted molar refractivity (Wildman–Crippen MR) is 160 cm³/mol. The van der Waals surface area contributed by atoms with E-state index in [-0.39, 0.29) is 5.41 Å². The van der Waals surface area contributed by atoms with Crippen LogP contribution in [0.3, 0.4) is 0 Å². The molecule has 8 aromatic rings. The van der Waals surface area contributed by atoms with Gasteiger partial charge in [0.2, 0.25) is 0 Å². The SMILES string of the molecule is CC1(C)c2ccccc2-c2cc3c4ccccc4n(-c4cccc5c4ncn4c6ccccc6nc54)c3cc21. The third-order valence-electron chi connectivity index (χ3n) is 8.77. The summed E-state index contributed by atoms with van der Waals surface area (Å²) in [6.45, 7) is 4.69. The molecule has 3 heterocycles. The van der Waals surface area contributed by atoms with Gasteiger partial charge in [-0.25, -0.2) is 9.97 Å². The quantitative estimate of drug-likeness (QED) is 0.227. The van der Waals surface area contributed by atoms with Gasteiger partial charge in [0.15, 0.2) is 0 Å². The van der Waals surface area contributed by atoms with Crippen LogP contribution in [-0.2, 0) is 5.41 Å². The van der Waals surface area contributed by atoms with Crippen LogP contribution in [0.4, 0.5) is 0 Å². The number of aromatic nitrogens is 4. The summed E-state index contributed by atoms with van der Waals surface area (Å²) in [4.78, 5) is 10.0. The molecule has 0 spiro atoms. The fraction of sp³-hybridized carbons (Fsp3) is 0.0857. The van der Waals surface area contributed by atoms with Crippen molar-refractivity contribution in [3.63, 3.8) is 0 Å². The predicted octanol–water partition coefficient (Wildman–Crippen LogP) is 8.44. The van der Waals surface area contributed by atoms with Crippen molar-refractivity contribution < 1.29 is 0 Å². The molecule has 9 rings (SSSR count). The highest BCUT2D eigenvalue weighted by atomic mass is 15.1. The van der Waals surface area contributed by atoms with Crippen LogP contribution in [0, 0.1) is 0 Å². The normalized spacial score (nSPS) is 14.1. The molecule has 1 aliphatic carbocycles. The van der Waals surface area contributed by atoms with E-state index in [4.69, 9.17) is 9.97 Å². The second kappa shape index (κ2) is 7.12. The van der Waals surface area contributed by atoms with E-state index in [1.807, 2.05) is 18.5 Å². The van der Waals surface area contributed by atoms with Gasteiger partial charge in [0.25, 0.3) is 0 Å². The van der Waals surface area contributed by atoms with Crippen LogP contribution in [0.1, 0.15) is 25.0 Å². The fourth-order valence-corrected chi connectivity index (χ4v) is 6.92. The van der Waals surface area contributed by atoms with Crippen LogP contribution in [0.2, 0.25) is 0 Å². The van der Waals surface area contributed by atoms with Crippen LogP contribution in [0.15, 0.2) is 109 Å². The van der Waals surface area contributed by atoms with E-state index >= 15 is 0 Å². The molecule has 0 saturated heterocycles. The van der Waals surface area contributed by atoms with Crippen molar-refractivity contribution in [3.05, 3.63) is 121 Å². The minimum Gasteiger partial charge on any atom is -0.307 e. The van der Waals surface area contributed by atoms with Crippen LogP contribution in [0.5, 0.6) is 0 Å². The van der Waals surface area contributed by atoms with Gasteiger partial charge >= 0.3 is 0 Å². The Bertz CT molecular complexity index is 2320. The first-order chi connectivity index (χ1) is 19.1. The van der Waals surface area contributed by atoms with Crippen molar-refractivity contribution in [2.75, 3.05) is 0 Å². The van der Waals surface area contributed by atoms with Gasteiger partial charge in [-0.2, -0.15) is 0 Å². The van der Waals surface area contributed by atoms with Crippen molar-refractivity contribution in [3.8, 4) is 16.8 Å². The lowest BCUT2D eigenvalue weighted by Crippen LogP contribution is -2.15. The first-order valence-electron chi connectivity index (χ1n) is 13.4. The van der Waals surface area contributed by atoms with E-state index < -0.39 is 0 Å². The van der Waals surface area contributed by atoms with Crippen LogP contribution in [0.25, 0.3) is 66.2 Å². The largest absolute Gasteiger partial charge is 0.307 e. The van der Waals surface area contributed by atoms with Gasteiger partial charge in [-0.05, 0) is 64.7 Å². The Kier molecular flexibility index (Phi) is 3.84. The second-order valence-corrected chi connectivity index (χ2v) is 11.2. The summed E-state index contributed by atoms with van der Waals surface area (Å²) in [6.07, 6.45) is 1.92. The van der Waals surface area contributed by atoms with Crippen molar-refractivity contribution in [2.45, 2.75) is 19.3 Å². The van der Waals surface area contributed by atoms with Gasteiger partial charge in [-0.3, -0.25) is 4.40 Å². The van der Waals surface area contributed by atoms with Crippen molar-refractivity contribution >= 4 is 49.4 Å². The van der Waals surface area contributed by atoms with Crippen molar-refractivity contribution in [1.29, 1.82) is 0 Å². The first kappa shape index (κ1) is 21.0. The zero-order chi connectivity index (χ0) is 25.9. The summed E-state index contributed by atoms with van der Waals surface area (Å²) >= 11 is 0. The molecule has 1 aliphatic rings. The van der Waals surface area contributed by atoms with Crippen molar-refractivity contribution in [2.24, 2.45) is 0 Å². The molecule has 0 atom stereocenters. The smallest absolute Gasteiger partial charge is 0.148 e. The van der Waals surface area contributed by atoms with Gasteiger partial charge in [-0.1, -0.05) is 74.5 Å². The summed E-state index contributed by atoms with van der Waals surface area (Å²) in [5.41, 5.74) is 12.8. The Hall–Kier alpha value is -4.96. The molecule has 5 aromatic carbocycles. The molecular weight excluding hydrogens is 476 g/mol. The number of imidazole rings is 1. The van der Waals surface area contributed by atoms with E-state index in [9.17, 15) is 0 Å². The molecule has 0 bridgehead atoms. The van der Waals surface area contributed by atoms with E-state index in [1.165, 1.54) is 44.1 Å². The highest BCUT2D eigenvalue weighted by Gasteiger charge is 2.36. The first-order valence-corrected chi connectivity index (χ1v) is 13.4. The zero-order valence-corrected chi connectivity index (χ0v) is 21.7. The maximum absolute atomic E-state index is 5.04. The minimum absolute atomic E-state index is 0.0689. The number of hydrogen-bond donors (Lipinski definition) is 0. The summed E-state index contributed by atoms with van der Waals surface area (Å²) < 4.78 is 4.50. The second-order valence-electron chi connectivity index (χ2n) is 11.2. The molecule has 0 amide bonds. The van der Waals surface area contributed by atoms with Gasteiger partial charge < -0.3 is 4.57 Å². The summed E-state index contributed by atoms with van der Waals surface area (Å²) in [5, 5.41) is 3.56. The number of benzene rings is 5. The number of rotatable bonds is 1. The molecule has 0 aliphatic heterocycles. The third kappa shape index (κ3) is 2.58. The summed E-state index contributed by atoms with van der Waals surface area (Å²) in [6, 6.07) is 37.1. The van der Waals surface area contributed by atoms with Crippen LogP contribution < -0.4 is 0 Å². The van der Waals surface area contributed by atoms with Crippen LogP contribution >= 0.6 is 0 Å². The lowest BCUT2D eigenvalue weighted by atomic mass is 9.82. The number of nitrogens with zero attached hydrogens (tertiary/aromatic N) is 4. The third-order valence-corrected chi connectivity index (χ3v) is 8.77. The van der Waals surface area contributed by atoms with Gasteiger partial charge in [-0.15, -0.1) is 0 Å². The Morgan fingerprint density at radius 2 is 1.38 bits per heavy atom. The van der Waals surface area contributed by atoms with E-state index in [0.29, 0.717) is 0 Å². The van der Waals surface area contributed by atoms with Gasteiger partial charge in [0.1, 0.15) is 12.0 Å². The average Bonchev–Trinajstić information content (AvgIpc) is 3.58. The summed E-state index contributed by atoms with van der Waals surface area (Å²) in [7, 11) is 0. The monoisotopic (exact) mass is 500 g/mol. The maximum Gasteiger partial charge on any atom is 0.148 e. The Balaban J connectivity index is 1.41. The molecular formula is C35H24N4. The van der Waals surface area contributed by atoms with E-state index in [0.717, 1.165) is 33.3 Å². The molecule has 0 unspecified atom stereocenters. The average molecular weight is 501 g/mol. The van der Waals surface area contributed by atoms with Gasteiger partial charge in [0, 0.05) is 21.6 Å². The van der Waals surface area contributed by atoms with Crippen molar-refractivity contribution in [1.82, 2.24) is 18.9 Å². The highest BCUT2D eigenvalue weighted by Crippen LogP contribution is 2.51. The lowest BCUT2D eigenvalue weighted by molar-refractivity contribution is 0.661. The minimum atomic E-state index is -0.0689. The number of para-hydroxylation sites is 4. The topological polar surface area (TPSA) is 35.1 Å². The molecule has 184 valence electrons.